The molecule has 8 nitrogen and oxygen atoms in total. The molecule has 8 heteroatoms. The predicted octanol–water partition coefficient (Wildman–Crippen LogP) is 3.69. The number of hydrogen-bond acceptors (Lipinski definition) is 5. The summed E-state index contributed by atoms with van der Waals surface area (Å²) in [7, 11) is 1.61. The van der Waals surface area contributed by atoms with Crippen molar-refractivity contribution in [1.29, 1.82) is 0 Å². The van der Waals surface area contributed by atoms with Crippen LogP contribution in [0.25, 0.3) is 0 Å². The number of methoxy groups -OCH3 is 1. The molecule has 1 heterocycles. The third kappa shape index (κ3) is 8.29. The van der Waals surface area contributed by atoms with Crippen LogP contribution in [-0.2, 0) is 27.3 Å². The van der Waals surface area contributed by atoms with Crippen molar-refractivity contribution in [3.8, 4) is 5.75 Å². The largest absolute Gasteiger partial charge is 0.497 e. The molecule has 1 saturated heterocycles. The van der Waals surface area contributed by atoms with Crippen LogP contribution < -0.4 is 15.4 Å². The van der Waals surface area contributed by atoms with Crippen LogP contribution in [0.1, 0.15) is 44.7 Å². The molecule has 2 aromatic rings. The molecule has 0 saturated carbocycles. The Morgan fingerprint density at radius 1 is 0.972 bits per heavy atom. The summed E-state index contributed by atoms with van der Waals surface area (Å²) in [5.74, 6) is 0.0712. The number of nitrogens with zero attached hydrogens (tertiary/aromatic N) is 1. The molecule has 3 amide bonds. The highest BCUT2D eigenvalue weighted by Crippen LogP contribution is 2.20. The molecule has 0 bridgehead atoms. The van der Waals surface area contributed by atoms with E-state index < -0.39 is 11.6 Å². The maximum atomic E-state index is 13.1. The van der Waals surface area contributed by atoms with Crippen molar-refractivity contribution >= 4 is 17.9 Å². The van der Waals surface area contributed by atoms with Crippen molar-refractivity contribution in [2.45, 2.75) is 58.2 Å². The Bertz CT molecular complexity index is 1010. The summed E-state index contributed by atoms with van der Waals surface area (Å²) >= 11 is 0. The summed E-state index contributed by atoms with van der Waals surface area (Å²) in [6.07, 6.45) is 1.08. The van der Waals surface area contributed by atoms with Crippen LogP contribution in [0.2, 0.25) is 0 Å². The summed E-state index contributed by atoms with van der Waals surface area (Å²) in [4.78, 5) is 40.2. The van der Waals surface area contributed by atoms with Crippen molar-refractivity contribution in [3.05, 3.63) is 65.7 Å². The van der Waals surface area contributed by atoms with Gasteiger partial charge in [0, 0.05) is 32.0 Å². The van der Waals surface area contributed by atoms with E-state index in [0.29, 0.717) is 38.9 Å². The second-order valence-electron chi connectivity index (χ2n) is 10.1. The Labute approximate surface area is 213 Å². The number of benzene rings is 2. The second-order valence-corrected chi connectivity index (χ2v) is 10.1. The van der Waals surface area contributed by atoms with Gasteiger partial charge in [-0.2, -0.15) is 0 Å². The fourth-order valence-corrected chi connectivity index (χ4v) is 4.06. The number of carbonyl (C=O) groups is 3. The van der Waals surface area contributed by atoms with Gasteiger partial charge in [-0.15, -0.1) is 0 Å². The van der Waals surface area contributed by atoms with Gasteiger partial charge in [0.05, 0.1) is 7.11 Å². The molecule has 0 radical (unpaired) electrons. The first-order valence-corrected chi connectivity index (χ1v) is 12.4. The van der Waals surface area contributed by atoms with Gasteiger partial charge in [-0.25, -0.2) is 4.79 Å². The van der Waals surface area contributed by atoms with Gasteiger partial charge in [0.25, 0.3) is 0 Å². The van der Waals surface area contributed by atoms with E-state index in [1.54, 1.807) is 12.0 Å². The lowest BCUT2D eigenvalue weighted by atomic mass is 9.95. The van der Waals surface area contributed by atoms with Crippen molar-refractivity contribution in [2.24, 2.45) is 5.92 Å². The van der Waals surface area contributed by atoms with Crippen LogP contribution in [0.3, 0.4) is 0 Å². The minimum Gasteiger partial charge on any atom is -0.497 e. The predicted molar refractivity (Wildman–Crippen MR) is 137 cm³/mol. The molecule has 2 N–H and O–H groups in total. The Hall–Kier alpha value is -3.55. The van der Waals surface area contributed by atoms with Crippen molar-refractivity contribution < 1.29 is 23.9 Å². The van der Waals surface area contributed by atoms with E-state index in [1.807, 2.05) is 75.4 Å². The Kier molecular flexibility index (Phi) is 9.33. The van der Waals surface area contributed by atoms with Crippen LogP contribution in [0.5, 0.6) is 5.75 Å². The van der Waals surface area contributed by atoms with E-state index in [9.17, 15) is 14.4 Å². The molecule has 1 aliphatic rings. The van der Waals surface area contributed by atoms with Crippen LogP contribution in [-0.4, -0.2) is 54.6 Å². The number of rotatable bonds is 8. The highest BCUT2D eigenvalue weighted by Gasteiger charge is 2.32. The summed E-state index contributed by atoms with van der Waals surface area (Å²) < 4.78 is 10.6. The first kappa shape index (κ1) is 27.0. The van der Waals surface area contributed by atoms with Gasteiger partial charge in [0.2, 0.25) is 11.8 Å². The van der Waals surface area contributed by atoms with Gasteiger partial charge in [0.15, 0.2) is 0 Å². The van der Waals surface area contributed by atoms with Gasteiger partial charge >= 0.3 is 6.09 Å². The van der Waals surface area contributed by atoms with Crippen LogP contribution in [0.15, 0.2) is 54.6 Å². The lowest BCUT2D eigenvalue weighted by molar-refractivity contribution is -0.132. The highest BCUT2D eigenvalue weighted by molar-refractivity contribution is 5.88. The third-order valence-corrected chi connectivity index (χ3v) is 6.06. The monoisotopic (exact) mass is 495 g/mol. The first-order valence-electron chi connectivity index (χ1n) is 12.4. The molecular formula is C28H37N3O5. The zero-order chi connectivity index (χ0) is 26.1. The second kappa shape index (κ2) is 12.4. The molecule has 0 spiro atoms. The molecule has 3 rings (SSSR count). The number of likely N-dealkylation sites (tertiary alicyclic amines) is 1. The molecule has 0 unspecified atom stereocenters. The van der Waals surface area contributed by atoms with Gasteiger partial charge in [0.1, 0.15) is 17.4 Å². The fraction of sp³-hybridized carbons (Fsp3) is 0.464. The quantitative estimate of drug-likeness (QED) is 0.582. The number of carbonyl (C=O) groups excluding carboxylic acids is 3. The minimum atomic E-state index is -0.706. The highest BCUT2D eigenvalue weighted by atomic mass is 16.6. The van der Waals surface area contributed by atoms with Crippen molar-refractivity contribution in [2.75, 3.05) is 20.2 Å². The minimum absolute atomic E-state index is 0.167. The molecule has 1 aliphatic heterocycles. The maximum absolute atomic E-state index is 13.1. The summed E-state index contributed by atoms with van der Waals surface area (Å²) in [5.41, 5.74) is 1.33. The van der Waals surface area contributed by atoms with Crippen molar-refractivity contribution in [3.63, 3.8) is 0 Å². The van der Waals surface area contributed by atoms with Gasteiger partial charge in [-0.3, -0.25) is 9.59 Å². The Morgan fingerprint density at radius 2 is 1.61 bits per heavy atom. The first-order chi connectivity index (χ1) is 17.1. The molecule has 36 heavy (non-hydrogen) atoms. The summed E-state index contributed by atoms with van der Waals surface area (Å²) in [5, 5.41) is 5.91. The SMILES string of the molecule is COc1ccc(CNC(=O)[C@@H](Cc2ccccc2)NC(=O)C2CCN(C(=O)OC(C)(C)C)CC2)cc1. The molecule has 194 valence electrons. The number of nitrogens with one attached hydrogen (secondary N) is 2. The van der Waals surface area contributed by atoms with E-state index in [1.165, 1.54) is 0 Å². The van der Waals surface area contributed by atoms with Gasteiger partial charge in [-0.05, 0) is 56.9 Å². The smallest absolute Gasteiger partial charge is 0.410 e. The lowest BCUT2D eigenvalue weighted by Gasteiger charge is -2.33. The number of ether oxygens (including phenoxy) is 2. The van der Waals surface area contributed by atoms with E-state index >= 15 is 0 Å². The zero-order valence-electron chi connectivity index (χ0n) is 21.6. The average Bonchev–Trinajstić information content (AvgIpc) is 2.87. The van der Waals surface area contributed by atoms with Crippen LogP contribution in [0.4, 0.5) is 4.79 Å². The summed E-state index contributed by atoms with van der Waals surface area (Å²) in [6, 6.07) is 16.4. The topological polar surface area (TPSA) is 97.0 Å². The number of amides is 3. The number of piperidine rings is 1. The third-order valence-electron chi connectivity index (χ3n) is 6.06. The van der Waals surface area contributed by atoms with E-state index in [0.717, 1.165) is 16.9 Å². The number of hydrogen-bond donors (Lipinski definition) is 2. The van der Waals surface area contributed by atoms with E-state index in [2.05, 4.69) is 10.6 Å². The van der Waals surface area contributed by atoms with Crippen molar-refractivity contribution in [1.82, 2.24) is 15.5 Å². The van der Waals surface area contributed by atoms with E-state index in [4.69, 9.17) is 9.47 Å². The molecule has 2 aromatic carbocycles. The van der Waals surface area contributed by atoms with Gasteiger partial charge < -0.3 is 25.0 Å². The molecule has 0 aliphatic carbocycles. The zero-order valence-corrected chi connectivity index (χ0v) is 21.6. The fourth-order valence-electron chi connectivity index (χ4n) is 4.06. The molecule has 1 fully saturated rings. The summed E-state index contributed by atoms with van der Waals surface area (Å²) in [6.45, 7) is 6.73. The van der Waals surface area contributed by atoms with Crippen LogP contribution in [0, 0.1) is 5.92 Å². The maximum Gasteiger partial charge on any atom is 0.410 e. The van der Waals surface area contributed by atoms with Gasteiger partial charge in [-0.1, -0.05) is 42.5 Å². The normalized spacial score (nSPS) is 15.1. The van der Waals surface area contributed by atoms with Crippen LogP contribution >= 0.6 is 0 Å². The Morgan fingerprint density at radius 3 is 2.19 bits per heavy atom. The lowest BCUT2D eigenvalue weighted by Crippen LogP contribution is -2.51. The molecular weight excluding hydrogens is 458 g/mol. The standard InChI is InChI=1S/C28H37N3O5/c1-28(2,3)36-27(34)31-16-14-22(15-17-31)25(32)30-24(18-20-8-6-5-7-9-20)26(33)29-19-21-10-12-23(35-4)13-11-21/h5-13,22,24H,14-19H2,1-4H3,(H,29,33)(H,30,32)/t24-/m1/s1. The Balaban J connectivity index is 1.59. The molecule has 0 aromatic heterocycles. The average molecular weight is 496 g/mol. The van der Waals surface area contributed by atoms with E-state index in [-0.39, 0.29) is 23.8 Å². The molecule has 1 atom stereocenters.